The standard InChI is InChI=1S/C11H19N5/c1-10(2)5-3-4-6-11(10,9-12)14-7-8-15-16-13/h14H,3-8H2,1-2H3. The monoisotopic (exact) mass is 221 g/mol. The van der Waals surface area contributed by atoms with Gasteiger partial charge < -0.3 is 0 Å². The van der Waals surface area contributed by atoms with E-state index < -0.39 is 5.54 Å². The molecule has 1 saturated carbocycles. The van der Waals surface area contributed by atoms with E-state index in [1.54, 1.807) is 0 Å². The summed E-state index contributed by atoms with van der Waals surface area (Å²) in [6, 6.07) is 2.44. The summed E-state index contributed by atoms with van der Waals surface area (Å²) in [5.41, 5.74) is 7.71. The Hall–Kier alpha value is -1.24. The minimum absolute atomic E-state index is 0.0175. The SMILES string of the molecule is CC1(C)CCCCC1(C#N)NCCN=[N+]=[N-]. The summed E-state index contributed by atoms with van der Waals surface area (Å²) in [5, 5.41) is 16.2. The number of hydrogen-bond donors (Lipinski definition) is 1. The lowest BCUT2D eigenvalue weighted by molar-refractivity contribution is 0.111. The van der Waals surface area contributed by atoms with Crippen LogP contribution in [0, 0.1) is 16.7 Å². The average molecular weight is 221 g/mol. The summed E-state index contributed by atoms with van der Waals surface area (Å²) in [4.78, 5) is 2.71. The molecule has 5 nitrogen and oxygen atoms in total. The smallest absolute Gasteiger partial charge is 0.111 e. The Bertz CT molecular complexity index is 324. The van der Waals surface area contributed by atoms with Crippen LogP contribution in [0.1, 0.15) is 39.5 Å². The fourth-order valence-corrected chi connectivity index (χ4v) is 2.45. The van der Waals surface area contributed by atoms with Crippen molar-refractivity contribution in [1.82, 2.24) is 5.32 Å². The molecule has 0 amide bonds. The van der Waals surface area contributed by atoms with Crippen molar-refractivity contribution in [2.45, 2.75) is 45.1 Å². The van der Waals surface area contributed by atoms with Gasteiger partial charge in [-0.3, -0.25) is 5.32 Å². The molecule has 1 atom stereocenters. The first kappa shape index (κ1) is 12.8. The van der Waals surface area contributed by atoms with Crippen molar-refractivity contribution in [2.24, 2.45) is 10.5 Å². The van der Waals surface area contributed by atoms with Gasteiger partial charge in [0.2, 0.25) is 0 Å². The molecule has 1 rings (SSSR count). The van der Waals surface area contributed by atoms with Gasteiger partial charge in [0, 0.05) is 18.0 Å². The van der Waals surface area contributed by atoms with Gasteiger partial charge in [0.15, 0.2) is 0 Å². The molecule has 1 aliphatic carbocycles. The lowest BCUT2D eigenvalue weighted by Crippen LogP contribution is -2.57. The molecule has 1 unspecified atom stereocenters. The van der Waals surface area contributed by atoms with E-state index in [1.165, 1.54) is 6.42 Å². The Morgan fingerprint density at radius 3 is 2.69 bits per heavy atom. The van der Waals surface area contributed by atoms with Crippen LogP contribution < -0.4 is 5.32 Å². The van der Waals surface area contributed by atoms with Gasteiger partial charge in [-0.05, 0) is 23.8 Å². The topological polar surface area (TPSA) is 84.6 Å². The normalized spacial score (nSPS) is 27.8. The van der Waals surface area contributed by atoms with Crippen molar-refractivity contribution in [3.05, 3.63) is 10.4 Å². The molecule has 5 heteroatoms. The predicted molar refractivity (Wildman–Crippen MR) is 62.6 cm³/mol. The van der Waals surface area contributed by atoms with E-state index in [1.807, 2.05) is 0 Å². The van der Waals surface area contributed by atoms with Gasteiger partial charge in [-0.2, -0.15) is 5.26 Å². The Morgan fingerprint density at radius 2 is 2.12 bits per heavy atom. The van der Waals surface area contributed by atoms with Gasteiger partial charge in [-0.25, -0.2) is 0 Å². The van der Waals surface area contributed by atoms with Crippen molar-refractivity contribution in [3.8, 4) is 6.07 Å². The minimum Gasteiger partial charge on any atom is -0.299 e. The largest absolute Gasteiger partial charge is 0.299 e. The average Bonchev–Trinajstić information content (AvgIpc) is 2.26. The van der Waals surface area contributed by atoms with Gasteiger partial charge in [-0.1, -0.05) is 31.8 Å². The molecule has 0 aromatic carbocycles. The van der Waals surface area contributed by atoms with E-state index in [-0.39, 0.29) is 5.41 Å². The van der Waals surface area contributed by atoms with E-state index in [0.717, 1.165) is 19.3 Å². The molecule has 1 fully saturated rings. The number of rotatable bonds is 4. The number of nitrogens with one attached hydrogen (secondary N) is 1. The highest BCUT2D eigenvalue weighted by Crippen LogP contribution is 2.43. The molecule has 0 bridgehead atoms. The van der Waals surface area contributed by atoms with Gasteiger partial charge >= 0.3 is 0 Å². The lowest BCUT2D eigenvalue weighted by atomic mass is 9.64. The number of nitriles is 1. The molecule has 1 aliphatic rings. The Labute approximate surface area is 96.5 Å². The van der Waals surface area contributed by atoms with Crippen LogP contribution in [-0.4, -0.2) is 18.6 Å². The first-order chi connectivity index (χ1) is 7.58. The summed E-state index contributed by atoms with van der Waals surface area (Å²) < 4.78 is 0. The van der Waals surface area contributed by atoms with E-state index in [4.69, 9.17) is 5.53 Å². The van der Waals surface area contributed by atoms with Crippen LogP contribution in [0.3, 0.4) is 0 Å². The van der Waals surface area contributed by atoms with Crippen LogP contribution in [0.25, 0.3) is 10.4 Å². The molecule has 0 radical (unpaired) electrons. The molecule has 0 aromatic rings. The van der Waals surface area contributed by atoms with Crippen molar-refractivity contribution in [1.29, 1.82) is 5.26 Å². The number of azide groups is 1. The number of nitrogens with zero attached hydrogens (tertiary/aromatic N) is 4. The molecular formula is C11H19N5. The zero-order valence-corrected chi connectivity index (χ0v) is 10.0. The Kier molecular flexibility index (Phi) is 4.17. The van der Waals surface area contributed by atoms with Gasteiger partial charge in [-0.15, -0.1) is 0 Å². The zero-order valence-electron chi connectivity index (χ0n) is 10.0. The fourth-order valence-electron chi connectivity index (χ4n) is 2.45. The molecule has 16 heavy (non-hydrogen) atoms. The predicted octanol–water partition coefficient (Wildman–Crippen LogP) is 2.75. The first-order valence-electron chi connectivity index (χ1n) is 5.75. The molecule has 0 heterocycles. The molecule has 0 aromatic heterocycles. The first-order valence-corrected chi connectivity index (χ1v) is 5.75. The molecule has 88 valence electrons. The third-order valence-electron chi connectivity index (χ3n) is 3.65. The third-order valence-corrected chi connectivity index (χ3v) is 3.65. The fraction of sp³-hybridized carbons (Fsp3) is 0.909. The van der Waals surface area contributed by atoms with Crippen molar-refractivity contribution >= 4 is 0 Å². The second kappa shape index (κ2) is 5.20. The summed E-state index contributed by atoms with van der Waals surface area (Å²) in [7, 11) is 0. The summed E-state index contributed by atoms with van der Waals surface area (Å²) in [6.07, 6.45) is 4.22. The van der Waals surface area contributed by atoms with E-state index in [2.05, 4.69) is 35.3 Å². The van der Waals surface area contributed by atoms with E-state index >= 15 is 0 Å². The quantitative estimate of drug-likeness (QED) is 0.342. The molecule has 1 N–H and O–H groups in total. The maximum absolute atomic E-state index is 9.42. The summed E-state index contributed by atoms with van der Waals surface area (Å²) >= 11 is 0. The van der Waals surface area contributed by atoms with Crippen molar-refractivity contribution in [2.75, 3.05) is 13.1 Å². The van der Waals surface area contributed by atoms with E-state index in [0.29, 0.717) is 13.1 Å². The minimum atomic E-state index is -0.462. The van der Waals surface area contributed by atoms with Gasteiger partial charge in [0.25, 0.3) is 0 Å². The van der Waals surface area contributed by atoms with E-state index in [9.17, 15) is 5.26 Å². The zero-order chi connectivity index (χ0) is 12.1. The van der Waals surface area contributed by atoms with Gasteiger partial charge in [0.1, 0.15) is 5.54 Å². The van der Waals surface area contributed by atoms with Crippen LogP contribution in [0.4, 0.5) is 0 Å². The summed E-state index contributed by atoms with van der Waals surface area (Å²) in [6.45, 7) is 5.24. The molecular weight excluding hydrogens is 202 g/mol. The van der Waals surface area contributed by atoms with Crippen LogP contribution in [-0.2, 0) is 0 Å². The Balaban J connectivity index is 2.68. The van der Waals surface area contributed by atoms with Crippen molar-refractivity contribution < 1.29 is 0 Å². The summed E-state index contributed by atoms with van der Waals surface area (Å²) in [5.74, 6) is 0. The maximum atomic E-state index is 9.42. The van der Waals surface area contributed by atoms with Crippen LogP contribution in [0.15, 0.2) is 5.11 Å². The van der Waals surface area contributed by atoms with Crippen LogP contribution in [0.5, 0.6) is 0 Å². The maximum Gasteiger partial charge on any atom is 0.111 e. The Morgan fingerprint density at radius 1 is 1.44 bits per heavy atom. The second-order valence-corrected chi connectivity index (χ2v) is 4.99. The van der Waals surface area contributed by atoms with Crippen molar-refractivity contribution in [3.63, 3.8) is 0 Å². The highest BCUT2D eigenvalue weighted by atomic mass is 15.1. The molecule has 0 aliphatic heterocycles. The van der Waals surface area contributed by atoms with Crippen LogP contribution >= 0.6 is 0 Å². The lowest BCUT2D eigenvalue weighted by Gasteiger charge is -2.46. The highest BCUT2D eigenvalue weighted by Gasteiger charge is 2.46. The second-order valence-electron chi connectivity index (χ2n) is 4.99. The number of hydrogen-bond acceptors (Lipinski definition) is 3. The molecule has 0 saturated heterocycles. The molecule has 0 spiro atoms. The third kappa shape index (κ3) is 2.46. The van der Waals surface area contributed by atoms with Crippen LogP contribution in [0.2, 0.25) is 0 Å². The highest BCUT2D eigenvalue weighted by molar-refractivity contribution is 5.16. The van der Waals surface area contributed by atoms with Gasteiger partial charge in [0.05, 0.1) is 6.07 Å².